The van der Waals surface area contributed by atoms with Crippen LogP contribution in [0.5, 0.6) is 5.75 Å². The van der Waals surface area contributed by atoms with Crippen molar-refractivity contribution in [1.29, 1.82) is 0 Å². The fourth-order valence-corrected chi connectivity index (χ4v) is 4.46. The third-order valence-electron chi connectivity index (χ3n) is 5.08. The Morgan fingerprint density at radius 3 is 2.42 bits per heavy atom. The molecule has 1 saturated heterocycles. The Hall–Kier alpha value is -2.66. The number of hydrogen-bond acceptors (Lipinski definition) is 5. The molecule has 1 fully saturated rings. The molecule has 0 unspecified atom stereocenters. The lowest BCUT2D eigenvalue weighted by Gasteiger charge is -2.31. The van der Waals surface area contributed by atoms with Gasteiger partial charge in [0.25, 0.3) is 0 Å². The predicted octanol–water partition coefficient (Wildman–Crippen LogP) is 4.53. The molecule has 0 spiro atoms. The summed E-state index contributed by atoms with van der Waals surface area (Å²) in [6.45, 7) is 2.70. The highest BCUT2D eigenvalue weighted by atomic mass is 32.1. The lowest BCUT2D eigenvalue weighted by molar-refractivity contribution is -0.143. The van der Waals surface area contributed by atoms with Crippen LogP contribution >= 0.6 is 23.6 Å². The van der Waals surface area contributed by atoms with Gasteiger partial charge in [0.2, 0.25) is 0 Å². The number of likely N-dealkylation sites (tertiary alicyclic amines) is 1. The number of carboxylic acids is 1. The zero-order valence-electron chi connectivity index (χ0n) is 16.4. The number of alkyl halides is 3. The molecule has 1 aromatic carbocycles. The van der Waals surface area contributed by atoms with Gasteiger partial charge in [0.1, 0.15) is 5.75 Å². The van der Waals surface area contributed by atoms with E-state index in [1.54, 1.807) is 12.3 Å². The maximum atomic E-state index is 12.7. The van der Waals surface area contributed by atoms with E-state index in [2.05, 4.69) is 10.5 Å². The second-order valence-electron chi connectivity index (χ2n) is 7.12. The fraction of sp³-hybridized carbons (Fsp3) is 0.350. The lowest BCUT2D eigenvalue weighted by atomic mass is 9.97. The Morgan fingerprint density at radius 1 is 1.26 bits per heavy atom. The first-order valence-electron chi connectivity index (χ1n) is 9.38. The summed E-state index contributed by atoms with van der Waals surface area (Å²) < 4.78 is 38.2. The van der Waals surface area contributed by atoms with E-state index in [1.165, 1.54) is 23.5 Å². The monoisotopic (exact) mass is 471 g/mol. The first-order chi connectivity index (χ1) is 14.6. The molecular weight excluding hydrogens is 451 g/mol. The number of carbonyl (C=O) groups is 1. The molecule has 3 N–H and O–H groups in total. The number of piperidine rings is 1. The van der Waals surface area contributed by atoms with Crippen LogP contribution in [0.1, 0.15) is 30.9 Å². The number of thiophene rings is 1. The van der Waals surface area contributed by atoms with Crippen molar-refractivity contribution >= 4 is 40.3 Å². The highest BCUT2D eigenvalue weighted by Crippen LogP contribution is 2.40. The van der Waals surface area contributed by atoms with E-state index >= 15 is 0 Å². The summed E-state index contributed by atoms with van der Waals surface area (Å²) in [6, 6.07) is 4.59. The number of benzene rings is 1. The van der Waals surface area contributed by atoms with Gasteiger partial charge in [-0.25, -0.2) is 0 Å². The Kier molecular flexibility index (Phi) is 6.85. The van der Waals surface area contributed by atoms with E-state index in [1.807, 2.05) is 4.90 Å². The van der Waals surface area contributed by atoms with Gasteiger partial charge in [0.15, 0.2) is 5.11 Å². The van der Waals surface area contributed by atoms with E-state index in [0.717, 1.165) is 12.1 Å². The molecule has 0 radical (unpaired) electrons. The number of rotatable bonds is 4. The molecule has 0 aliphatic carbocycles. The second-order valence-corrected chi connectivity index (χ2v) is 8.38. The average molecular weight is 472 g/mol. The summed E-state index contributed by atoms with van der Waals surface area (Å²) >= 11 is 6.51. The number of nitrogens with one attached hydrogen (secondary N) is 1. The van der Waals surface area contributed by atoms with Gasteiger partial charge in [-0.15, -0.1) is 11.3 Å². The molecule has 2 aromatic rings. The minimum Gasteiger partial charge on any atom is -0.506 e. The number of carboxylic acid groups (broad SMARTS) is 1. The van der Waals surface area contributed by atoms with Crippen molar-refractivity contribution in [3.8, 4) is 16.2 Å². The molecule has 1 aliphatic heterocycles. The van der Waals surface area contributed by atoms with Crippen LogP contribution in [0.3, 0.4) is 0 Å². The van der Waals surface area contributed by atoms with Crippen molar-refractivity contribution in [3.05, 3.63) is 40.8 Å². The number of aliphatic carboxylic acids is 1. The average Bonchev–Trinajstić information content (AvgIpc) is 3.12. The standard InChI is InChI=1S/C20H20F3N3O3S2/c1-11(24-25-19(30)26-8-6-13(7-9-26)18(28)29)15-10-31-17(16(15)27)12-2-4-14(5-3-12)20(21,22)23/h2-5,10,13,27H,6-9H2,1H3,(H,25,30)(H,28,29)/b24-11+. The van der Waals surface area contributed by atoms with Gasteiger partial charge >= 0.3 is 12.1 Å². The van der Waals surface area contributed by atoms with Gasteiger partial charge in [0, 0.05) is 18.5 Å². The van der Waals surface area contributed by atoms with Gasteiger partial charge < -0.3 is 15.1 Å². The van der Waals surface area contributed by atoms with Crippen LogP contribution in [0.4, 0.5) is 13.2 Å². The van der Waals surface area contributed by atoms with Crippen molar-refractivity contribution in [3.63, 3.8) is 0 Å². The quantitative estimate of drug-likeness (QED) is 0.345. The Balaban J connectivity index is 1.67. The maximum Gasteiger partial charge on any atom is 0.416 e. The summed E-state index contributed by atoms with van der Waals surface area (Å²) in [6.07, 6.45) is -3.42. The number of hydrogen-bond donors (Lipinski definition) is 3. The van der Waals surface area contributed by atoms with E-state index in [0.29, 0.717) is 52.8 Å². The molecule has 1 aliphatic rings. The molecule has 31 heavy (non-hydrogen) atoms. The minimum absolute atomic E-state index is 0.0685. The van der Waals surface area contributed by atoms with Crippen molar-refractivity contribution in [2.75, 3.05) is 13.1 Å². The smallest absolute Gasteiger partial charge is 0.416 e. The summed E-state index contributed by atoms with van der Waals surface area (Å²) in [4.78, 5) is 13.3. The Morgan fingerprint density at radius 2 is 1.87 bits per heavy atom. The molecule has 0 amide bonds. The van der Waals surface area contributed by atoms with Gasteiger partial charge in [-0.3, -0.25) is 10.2 Å². The van der Waals surface area contributed by atoms with E-state index in [-0.39, 0.29) is 11.7 Å². The van der Waals surface area contributed by atoms with Crippen LogP contribution < -0.4 is 5.43 Å². The fourth-order valence-electron chi connectivity index (χ4n) is 3.22. The van der Waals surface area contributed by atoms with Crippen molar-refractivity contribution in [2.24, 2.45) is 11.0 Å². The molecular formula is C20H20F3N3O3S2. The Labute approximate surface area is 186 Å². The lowest BCUT2D eigenvalue weighted by Crippen LogP contribution is -2.44. The number of aromatic hydroxyl groups is 1. The predicted molar refractivity (Wildman–Crippen MR) is 116 cm³/mol. The molecule has 0 saturated carbocycles. The van der Waals surface area contributed by atoms with Crippen LogP contribution in [0.25, 0.3) is 10.4 Å². The van der Waals surface area contributed by atoms with Gasteiger partial charge in [-0.05, 0) is 49.7 Å². The second kappa shape index (κ2) is 9.23. The molecule has 2 heterocycles. The SMILES string of the molecule is C/C(=N\NC(=S)N1CCC(C(=O)O)CC1)c1csc(-c2ccc(C(F)(F)F)cc2)c1O. The van der Waals surface area contributed by atoms with Crippen molar-refractivity contribution in [1.82, 2.24) is 10.3 Å². The number of hydrazone groups is 1. The van der Waals surface area contributed by atoms with Crippen molar-refractivity contribution < 1.29 is 28.2 Å². The summed E-state index contributed by atoms with van der Waals surface area (Å²) in [5.41, 5.74) is 3.38. The number of halogens is 3. The van der Waals surface area contributed by atoms with Gasteiger partial charge in [0.05, 0.1) is 27.6 Å². The van der Waals surface area contributed by atoms with Crippen molar-refractivity contribution in [2.45, 2.75) is 25.9 Å². The summed E-state index contributed by atoms with van der Waals surface area (Å²) in [5, 5.41) is 25.9. The van der Waals surface area contributed by atoms with Crippen LogP contribution in [0, 0.1) is 5.92 Å². The van der Waals surface area contributed by atoms with E-state index in [9.17, 15) is 23.1 Å². The minimum atomic E-state index is -4.42. The summed E-state index contributed by atoms with van der Waals surface area (Å²) in [5.74, 6) is -1.24. The highest BCUT2D eigenvalue weighted by molar-refractivity contribution is 7.80. The normalized spacial score (nSPS) is 15.7. The van der Waals surface area contributed by atoms with Crippen LogP contribution in [0.15, 0.2) is 34.7 Å². The Bertz CT molecular complexity index is 995. The number of thiocarbonyl (C=S) groups is 1. The third-order valence-corrected chi connectivity index (χ3v) is 6.45. The summed E-state index contributed by atoms with van der Waals surface area (Å²) in [7, 11) is 0. The van der Waals surface area contributed by atoms with E-state index in [4.69, 9.17) is 17.3 Å². The number of nitrogens with zero attached hydrogens (tertiary/aromatic N) is 2. The van der Waals surface area contributed by atoms with Gasteiger partial charge in [-0.1, -0.05) is 12.1 Å². The van der Waals surface area contributed by atoms with Crippen LogP contribution in [0.2, 0.25) is 0 Å². The zero-order chi connectivity index (χ0) is 22.8. The molecule has 0 bridgehead atoms. The van der Waals surface area contributed by atoms with Crippen LogP contribution in [-0.4, -0.2) is 45.0 Å². The largest absolute Gasteiger partial charge is 0.506 e. The highest BCUT2D eigenvalue weighted by Gasteiger charge is 2.30. The molecule has 1 aromatic heterocycles. The first kappa shape index (κ1) is 23.0. The molecule has 11 heteroatoms. The molecule has 6 nitrogen and oxygen atoms in total. The molecule has 166 valence electrons. The van der Waals surface area contributed by atoms with Gasteiger partial charge in [-0.2, -0.15) is 18.3 Å². The topological polar surface area (TPSA) is 85.2 Å². The molecule has 0 atom stereocenters. The van der Waals surface area contributed by atoms with E-state index < -0.39 is 17.7 Å². The molecule has 3 rings (SSSR count). The van der Waals surface area contributed by atoms with Crippen LogP contribution in [-0.2, 0) is 11.0 Å². The zero-order valence-corrected chi connectivity index (χ0v) is 18.1. The first-order valence-corrected chi connectivity index (χ1v) is 10.7. The maximum absolute atomic E-state index is 12.7. The third kappa shape index (κ3) is 5.34.